The molecule has 1 atom stereocenters. The molecule has 0 bridgehead atoms. The van der Waals surface area contributed by atoms with E-state index in [0.717, 1.165) is 6.07 Å². The Morgan fingerprint density at radius 3 is 2.57 bits per heavy atom. The van der Waals surface area contributed by atoms with E-state index in [1.807, 2.05) is 0 Å². The lowest BCUT2D eigenvalue weighted by molar-refractivity contribution is -0.147. The number of hydrogen-bond acceptors (Lipinski definition) is 5. The highest BCUT2D eigenvalue weighted by Gasteiger charge is 2.25. The molecule has 0 aliphatic rings. The van der Waals surface area contributed by atoms with E-state index in [0.29, 0.717) is 10.1 Å². The average molecular weight is 478 g/mol. The van der Waals surface area contributed by atoms with Crippen molar-refractivity contribution in [3.05, 3.63) is 58.3 Å². The normalized spacial score (nSPS) is 13.0. The minimum atomic E-state index is -4.07. The van der Waals surface area contributed by atoms with E-state index in [4.69, 9.17) is 27.9 Å². The second-order valence-corrected chi connectivity index (χ2v) is 8.72. The monoisotopic (exact) mass is 477 g/mol. The van der Waals surface area contributed by atoms with Gasteiger partial charge in [0, 0.05) is 0 Å². The number of carbonyl (C=O) groups excluding carboxylic acids is 1. The van der Waals surface area contributed by atoms with Crippen molar-refractivity contribution in [2.75, 3.05) is 6.54 Å². The zero-order chi connectivity index (χ0) is 22.1. The maximum Gasteiger partial charge on any atom is 0.321 e. The first-order chi connectivity index (χ1) is 14.1. The Bertz CT molecular complexity index is 1200. The van der Waals surface area contributed by atoms with Gasteiger partial charge in [-0.05, 0) is 37.3 Å². The Morgan fingerprint density at radius 2 is 1.90 bits per heavy atom. The first-order valence-electron chi connectivity index (χ1n) is 8.49. The number of carbonyl (C=O) groups is 1. The van der Waals surface area contributed by atoms with Crippen LogP contribution in [0.25, 0.3) is 11.0 Å². The third-order valence-corrected chi connectivity index (χ3v) is 6.24. The van der Waals surface area contributed by atoms with Gasteiger partial charge in [0.15, 0.2) is 11.9 Å². The van der Waals surface area contributed by atoms with Crippen LogP contribution in [-0.4, -0.2) is 30.5 Å². The van der Waals surface area contributed by atoms with Crippen LogP contribution in [0.3, 0.4) is 0 Å². The number of halogens is 4. The molecule has 1 heterocycles. The van der Waals surface area contributed by atoms with Gasteiger partial charge in [0.1, 0.15) is 6.54 Å². The molecule has 2 aromatic carbocycles. The number of esters is 1. The number of para-hydroxylation sites is 2. The molecule has 3 aromatic rings. The maximum atomic E-state index is 13.5. The predicted molar refractivity (Wildman–Crippen MR) is 107 cm³/mol. The third kappa shape index (κ3) is 4.72. The summed E-state index contributed by atoms with van der Waals surface area (Å²) >= 11 is 11.6. The van der Waals surface area contributed by atoms with E-state index in [1.165, 1.54) is 25.1 Å². The number of hydrogen-bond donors (Lipinski definition) is 1. The molecule has 12 heteroatoms. The fourth-order valence-electron chi connectivity index (χ4n) is 2.73. The quantitative estimate of drug-likeness (QED) is 0.511. The Balaban J connectivity index is 1.71. The smallest absolute Gasteiger partial charge is 0.321 e. The van der Waals surface area contributed by atoms with E-state index < -0.39 is 35.2 Å². The number of sulfonamides is 1. The fourth-order valence-corrected chi connectivity index (χ4v) is 4.09. The summed E-state index contributed by atoms with van der Waals surface area (Å²) in [5, 5.41) is 0.201. The van der Waals surface area contributed by atoms with E-state index in [-0.39, 0.29) is 26.3 Å². The zero-order valence-electron chi connectivity index (χ0n) is 15.4. The van der Waals surface area contributed by atoms with Crippen molar-refractivity contribution in [2.24, 2.45) is 0 Å². The standard InChI is InChI=1S/C18H15Cl2F2N3O4S/c1-10(17-24-14-4-2-3-5-15(14)25(17)18(21)22)29-16(26)9-23-30(27,28)11-6-7-12(19)13(20)8-11/h2-8,10,18,23H,9H2,1H3. The van der Waals surface area contributed by atoms with Crippen LogP contribution in [0.2, 0.25) is 10.0 Å². The van der Waals surface area contributed by atoms with Gasteiger partial charge in [-0.1, -0.05) is 35.3 Å². The molecule has 0 aliphatic carbocycles. The molecule has 1 unspecified atom stereocenters. The molecule has 0 radical (unpaired) electrons. The summed E-state index contributed by atoms with van der Waals surface area (Å²) in [6, 6.07) is 9.90. The van der Waals surface area contributed by atoms with Crippen molar-refractivity contribution >= 4 is 50.2 Å². The minimum Gasteiger partial charge on any atom is -0.454 e. The molecular weight excluding hydrogens is 463 g/mol. The molecule has 0 saturated heterocycles. The van der Waals surface area contributed by atoms with Gasteiger partial charge in [0.2, 0.25) is 10.0 Å². The molecule has 7 nitrogen and oxygen atoms in total. The number of nitrogens with one attached hydrogen (secondary N) is 1. The summed E-state index contributed by atoms with van der Waals surface area (Å²) in [5.41, 5.74) is 0.502. The molecule has 0 amide bonds. The number of imidazole rings is 1. The minimum absolute atomic E-state index is 0.0293. The number of nitrogens with zero attached hydrogens (tertiary/aromatic N) is 2. The van der Waals surface area contributed by atoms with Gasteiger partial charge in [-0.3, -0.25) is 9.36 Å². The van der Waals surface area contributed by atoms with Gasteiger partial charge in [0.05, 0.1) is 26.0 Å². The summed E-state index contributed by atoms with van der Waals surface area (Å²) in [7, 11) is -4.07. The second-order valence-electron chi connectivity index (χ2n) is 6.14. The van der Waals surface area contributed by atoms with Gasteiger partial charge in [-0.2, -0.15) is 13.5 Å². The summed E-state index contributed by atoms with van der Waals surface area (Å²) in [5.74, 6) is -1.13. The lowest BCUT2D eigenvalue weighted by atomic mass is 10.3. The van der Waals surface area contributed by atoms with Crippen LogP contribution in [0, 0.1) is 0 Å². The van der Waals surface area contributed by atoms with Crippen molar-refractivity contribution in [3.8, 4) is 0 Å². The van der Waals surface area contributed by atoms with Gasteiger partial charge < -0.3 is 4.74 Å². The lowest BCUT2D eigenvalue weighted by Gasteiger charge is -2.15. The maximum absolute atomic E-state index is 13.5. The zero-order valence-corrected chi connectivity index (χ0v) is 17.7. The molecule has 3 rings (SSSR count). The highest BCUT2D eigenvalue weighted by atomic mass is 35.5. The van der Waals surface area contributed by atoms with E-state index in [9.17, 15) is 22.0 Å². The molecule has 0 aliphatic heterocycles. The number of benzene rings is 2. The van der Waals surface area contributed by atoms with Crippen LogP contribution in [0.4, 0.5) is 8.78 Å². The molecule has 0 spiro atoms. The van der Waals surface area contributed by atoms with Gasteiger partial charge in [0.25, 0.3) is 0 Å². The van der Waals surface area contributed by atoms with Crippen LogP contribution in [0.5, 0.6) is 0 Å². The highest BCUT2D eigenvalue weighted by molar-refractivity contribution is 7.89. The van der Waals surface area contributed by atoms with Crippen LogP contribution >= 0.6 is 23.2 Å². The molecule has 0 fully saturated rings. The Kier molecular flexibility index (Phi) is 6.61. The molecular formula is C18H15Cl2F2N3O4S. The summed E-state index contributed by atoms with van der Waals surface area (Å²) < 4.78 is 59.4. The second kappa shape index (κ2) is 8.84. The first kappa shape index (κ1) is 22.4. The van der Waals surface area contributed by atoms with Crippen molar-refractivity contribution in [1.29, 1.82) is 0 Å². The largest absolute Gasteiger partial charge is 0.454 e. The SMILES string of the molecule is CC(OC(=O)CNS(=O)(=O)c1ccc(Cl)c(Cl)c1)c1nc2ccccc2n1C(F)F. The van der Waals surface area contributed by atoms with Gasteiger partial charge in [-0.15, -0.1) is 0 Å². The van der Waals surface area contributed by atoms with E-state index in [1.54, 1.807) is 18.2 Å². The van der Waals surface area contributed by atoms with Crippen LogP contribution < -0.4 is 4.72 Å². The van der Waals surface area contributed by atoms with Crippen LogP contribution in [0.15, 0.2) is 47.4 Å². The molecule has 1 aromatic heterocycles. The van der Waals surface area contributed by atoms with Crippen LogP contribution in [0.1, 0.15) is 25.4 Å². The Hall–Kier alpha value is -2.27. The number of ether oxygens (including phenoxy) is 1. The molecule has 1 N–H and O–H groups in total. The number of aromatic nitrogens is 2. The lowest BCUT2D eigenvalue weighted by Crippen LogP contribution is -2.31. The van der Waals surface area contributed by atoms with Crippen molar-refractivity contribution in [1.82, 2.24) is 14.3 Å². The number of alkyl halides is 2. The van der Waals surface area contributed by atoms with Crippen molar-refractivity contribution in [3.63, 3.8) is 0 Å². The number of fused-ring (bicyclic) bond motifs is 1. The Labute approximate surface area is 180 Å². The van der Waals surface area contributed by atoms with E-state index >= 15 is 0 Å². The van der Waals surface area contributed by atoms with E-state index in [2.05, 4.69) is 9.71 Å². The predicted octanol–water partition coefficient (Wildman–Crippen LogP) is 4.32. The van der Waals surface area contributed by atoms with Gasteiger partial charge >= 0.3 is 12.5 Å². The fraction of sp³-hybridized carbons (Fsp3) is 0.222. The third-order valence-electron chi connectivity index (χ3n) is 4.10. The molecule has 160 valence electrons. The topological polar surface area (TPSA) is 90.3 Å². The summed E-state index contributed by atoms with van der Waals surface area (Å²) in [6.07, 6.45) is -1.15. The summed E-state index contributed by atoms with van der Waals surface area (Å²) in [6.45, 7) is -2.26. The first-order valence-corrected chi connectivity index (χ1v) is 10.7. The number of rotatable bonds is 7. The Morgan fingerprint density at radius 1 is 1.20 bits per heavy atom. The van der Waals surface area contributed by atoms with Crippen molar-refractivity contribution < 1.29 is 26.7 Å². The van der Waals surface area contributed by atoms with Gasteiger partial charge in [-0.25, -0.2) is 13.4 Å². The highest BCUT2D eigenvalue weighted by Crippen LogP contribution is 2.28. The summed E-state index contributed by atoms with van der Waals surface area (Å²) in [4.78, 5) is 16.0. The van der Waals surface area contributed by atoms with Crippen LogP contribution in [-0.2, 0) is 19.6 Å². The molecule has 0 saturated carbocycles. The van der Waals surface area contributed by atoms with Crippen molar-refractivity contribution in [2.45, 2.75) is 24.5 Å². The molecule has 30 heavy (non-hydrogen) atoms. The average Bonchev–Trinajstić information content (AvgIpc) is 3.08.